The number of allylic oxidation sites excluding steroid dienone is 2. The fourth-order valence-corrected chi connectivity index (χ4v) is 6.53. The molecule has 0 bridgehead atoms. The summed E-state index contributed by atoms with van der Waals surface area (Å²) >= 11 is -1.86. The van der Waals surface area contributed by atoms with Crippen molar-refractivity contribution in [1.82, 2.24) is 4.98 Å². The molecule has 1 radical (unpaired) electrons. The second kappa shape index (κ2) is 10.5. The van der Waals surface area contributed by atoms with Crippen LogP contribution in [0, 0.1) is 6.07 Å². The number of carbonyl (C=O) groups is 1. The van der Waals surface area contributed by atoms with Crippen molar-refractivity contribution in [2.24, 2.45) is 0 Å². The molecule has 1 aliphatic rings. The Morgan fingerprint density at radius 3 is 2.21 bits per heavy atom. The van der Waals surface area contributed by atoms with Gasteiger partial charge in [0.2, 0.25) is 0 Å². The standard InChI is InChI=1S/C23H24GeN.C5H8O2.Ir/c1-23(2)20-12-11-17(24(3,4)5)13-18(20)19-14-22(25-15-21(19)23)16-9-7-6-8-10-16;1-4(6)3-5(2)7;/h6-9,11-15H,1-5H3;3,6H,1-2H3;/q-1;;/b;4-3-;. The predicted octanol–water partition coefficient (Wildman–Crippen LogP) is 6.43. The third-order valence-electron chi connectivity index (χ3n) is 5.82. The molecular weight excluding hydrogens is 647 g/mol. The first-order chi connectivity index (χ1) is 14.9. The van der Waals surface area contributed by atoms with Gasteiger partial charge in [-0.05, 0) is 13.8 Å². The topological polar surface area (TPSA) is 50.2 Å². The number of rotatable bonds is 3. The number of nitrogens with zero attached hydrogens (tertiary/aromatic N) is 1. The largest absolute Gasteiger partial charge is 0 e. The molecule has 0 atom stereocenters. The Bertz CT molecular complexity index is 1170. The van der Waals surface area contributed by atoms with Gasteiger partial charge in [0.15, 0.2) is 5.78 Å². The van der Waals surface area contributed by atoms with Crippen LogP contribution in [0.25, 0.3) is 22.4 Å². The summed E-state index contributed by atoms with van der Waals surface area (Å²) in [5.41, 5.74) is 7.58. The van der Waals surface area contributed by atoms with Gasteiger partial charge in [-0.25, -0.2) is 0 Å². The van der Waals surface area contributed by atoms with E-state index < -0.39 is 13.3 Å². The summed E-state index contributed by atoms with van der Waals surface area (Å²) in [6, 6.07) is 20.8. The predicted molar refractivity (Wildman–Crippen MR) is 136 cm³/mol. The molecule has 1 aromatic heterocycles. The van der Waals surface area contributed by atoms with Crippen LogP contribution >= 0.6 is 0 Å². The average Bonchev–Trinajstić information content (AvgIpc) is 2.94. The molecule has 0 saturated carbocycles. The number of carbonyl (C=O) groups excluding carboxylic acids is 1. The molecule has 33 heavy (non-hydrogen) atoms. The number of hydrogen-bond acceptors (Lipinski definition) is 3. The van der Waals surface area contributed by atoms with Crippen molar-refractivity contribution in [2.75, 3.05) is 0 Å². The molecule has 0 spiro atoms. The molecule has 0 unspecified atom stereocenters. The van der Waals surface area contributed by atoms with Crippen molar-refractivity contribution in [3.63, 3.8) is 0 Å². The summed E-state index contributed by atoms with van der Waals surface area (Å²) in [6.45, 7) is 7.47. The first kappa shape index (κ1) is 27.2. The molecule has 175 valence electrons. The molecule has 3 nitrogen and oxygen atoms in total. The van der Waals surface area contributed by atoms with Crippen molar-refractivity contribution in [1.29, 1.82) is 0 Å². The van der Waals surface area contributed by atoms with Gasteiger partial charge in [-0.3, -0.25) is 4.79 Å². The summed E-state index contributed by atoms with van der Waals surface area (Å²) in [5.74, 6) is 7.31. The number of ketones is 1. The second-order valence-electron chi connectivity index (χ2n) is 9.92. The molecule has 0 amide bonds. The molecule has 1 aliphatic carbocycles. The molecule has 3 aromatic rings. The summed E-state index contributed by atoms with van der Waals surface area (Å²) in [6.07, 6.45) is 3.24. The zero-order valence-corrected chi connectivity index (χ0v) is 24.9. The third kappa shape index (κ3) is 6.12. The minimum atomic E-state index is -1.86. The van der Waals surface area contributed by atoms with Gasteiger partial charge in [-0.1, -0.05) is 0 Å². The van der Waals surface area contributed by atoms with Crippen LogP contribution in [0.4, 0.5) is 0 Å². The molecule has 2 aromatic carbocycles. The van der Waals surface area contributed by atoms with Crippen molar-refractivity contribution < 1.29 is 30.0 Å². The Morgan fingerprint density at radius 2 is 1.70 bits per heavy atom. The fourth-order valence-electron chi connectivity index (χ4n) is 4.09. The molecule has 0 aliphatic heterocycles. The van der Waals surface area contributed by atoms with Crippen LogP contribution in [0.2, 0.25) is 17.3 Å². The van der Waals surface area contributed by atoms with E-state index in [0.717, 1.165) is 11.3 Å². The summed E-state index contributed by atoms with van der Waals surface area (Å²) in [4.78, 5) is 14.8. The SMILES string of the molecule is CC(=O)/C=C(/C)O.CC1(C)c2cc[c]([Ge]([CH3])([CH3])[CH3])cc2-c2cc(-c3[c-]cccc3)ncc21.[Ir]. The van der Waals surface area contributed by atoms with Crippen molar-refractivity contribution in [3.05, 3.63) is 83.8 Å². The Kier molecular flexibility index (Phi) is 8.67. The number of aliphatic hydroxyl groups is 1. The van der Waals surface area contributed by atoms with Gasteiger partial charge in [0, 0.05) is 26.2 Å². The quantitative estimate of drug-likeness (QED) is 0.150. The van der Waals surface area contributed by atoms with Gasteiger partial charge in [0.05, 0.1) is 5.76 Å². The van der Waals surface area contributed by atoms with Crippen molar-refractivity contribution in [2.45, 2.75) is 50.4 Å². The van der Waals surface area contributed by atoms with Crippen LogP contribution in [0.3, 0.4) is 0 Å². The first-order valence-corrected chi connectivity index (χ1v) is 18.3. The van der Waals surface area contributed by atoms with Gasteiger partial charge in [0.1, 0.15) is 0 Å². The molecule has 4 rings (SSSR count). The Balaban J connectivity index is 0.000000423. The maximum Gasteiger partial charge on any atom is 0 e. The summed E-state index contributed by atoms with van der Waals surface area (Å²) in [5, 5.41) is 8.36. The van der Waals surface area contributed by atoms with E-state index >= 15 is 0 Å². The van der Waals surface area contributed by atoms with Crippen LogP contribution in [-0.4, -0.2) is 29.1 Å². The van der Waals surface area contributed by atoms with Gasteiger partial charge in [-0.2, -0.15) is 0 Å². The molecule has 1 N–H and O–H groups in total. The average molecular weight is 679 g/mol. The van der Waals surface area contributed by atoms with Gasteiger partial charge >= 0.3 is 153 Å². The van der Waals surface area contributed by atoms with Crippen LogP contribution in [0.5, 0.6) is 0 Å². The van der Waals surface area contributed by atoms with E-state index in [1.54, 1.807) is 4.40 Å². The van der Waals surface area contributed by atoms with Crippen LogP contribution in [0.1, 0.15) is 38.8 Å². The number of aromatic nitrogens is 1. The molecule has 0 saturated heterocycles. The zero-order valence-electron chi connectivity index (χ0n) is 20.4. The fraction of sp³-hybridized carbons (Fsp3) is 0.286. The second-order valence-corrected chi connectivity index (χ2v) is 20.6. The normalized spacial score (nSPS) is 13.7. The van der Waals surface area contributed by atoms with Crippen LogP contribution in [0.15, 0.2) is 66.6 Å². The molecular formula is C28H32GeIrNO2-. The monoisotopic (exact) mass is 681 g/mol. The van der Waals surface area contributed by atoms with E-state index in [4.69, 9.17) is 10.1 Å². The zero-order chi connectivity index (χ0) is 23.7. The van der Waals surface area contributed by atoms with Gasteiger partial charge < -0.3 is 5.11 Å². The van der Waals surface area contributed by atoms with Crippen LogP contribution in [-0.2, 0) is 30.3 Å². The van der Waals surface area contributed by atoms with E-state index in [-0.39, 0.29) is 37.1 Å². The third-order valence-corrected chi connectivity index (χ3v) is 10.1. The van der Waals surface area contributed by atoms with E-state index in [0.29, 0.717) is 0 Å². The van der Waals surface area contributed by atoms with E-state index in [1.165, 1.54) is 42.2 Å². The smallest absolute Gasteiger partial charge is 0 e. The number of benzene rings is 2. The van der Waals surface area contributed by atoms with Crippen LogP contribution < -0.4 is 4.40 Å². The molecule has 1 heterocycles. The van der Waals surface area contributed by atoms with E-state index in [9.17, 15) is 4.79 Å². The number of pyridine rings is 1. The Hall–Kier alpha value is -2.01. The maximum absolute atomic E-state index is 10.0. The van der Waals surface area contributed by atoms with E-state index in [1.807, 2.05) is 18.2 Å². The first-order valence-electron chi connectivity index (χ1n) is 10.9. The molecule has 0 fully saturated rings. The van der Waals surface area contributed by atoms with Crippen molar-refractivity contribution >= 4 is 23.4 Å². The number of hydrogen-bond donors (Lipinski definition) is 1. The Morgan fingerprint density at radius 1 is 1.03 bits per heavy atom. The summed E-state index contributed by atoms with van der Waals surface area (Å²) < 4.78 is 1.56. The molecule has 5 heteroatoms. The van der Waals surface area contributed by atoms with Gasteiger partial charge in [-0.15, -0.1) is 0 Å². The number of fused-ring (bicyclic) bond motifs is 3. The summed E-state index contributed by atoms with van der Waals surface area (Å²) in [7, 11) is 0. The van der Waals surface area contributed by atoms with Crippen molar-refractivity contribution in [3.8, 4) is 22.4 Å². The maximum atomic E-state index is 10.0. The minimum Gasteiger partial charge on any atom is 0 e. The Labute approximate surface area is 214 Å². The van der Waals surface area contributed by atoms with E-state index in [2.05, 4.69) is 73.7 Å². The number of aliphatic hydroxyl groups excluding tert-OH is 1. The minimum absolute atomic E-state index is 0. The van der Waals surface area contributed by atoms with Gasteiger partial charge in [0.25, 0.3) is 0 Å².